The second-order valence-corrected chi connectivity index (χ2v) is 3.65. The van der Waals surface area contributed by atoms with Gasteiger partial charge in [-0.1, -0.05) is 36.4 Å². The quantitative estimate of drug-likeness (QED) is 0.620. The highest BCUT2D eigenvalue weighted by Crippen LogP contribution is 2.02. The molecule has 0 aromatic heterocycles. The van der Waals surface area contributed by atoms with E-state index in [0.717, 1.165) is 5.56 Å². The van der Waals surface area contributed by atoms with E-state index in [0.29, 0.717) is 13.1 Å². The number of amides is 2. The molecule has 2 amide bonds. The van der Waals surface area contributed by atoms with E-state index in [2.05, 4.69) is 11.9 Å². The Morgan fingerprint density at radius 3 is 2.59 bits per heavy atom. The van der Waals surface area contributed by atoms with Crippen LogP contribution in [-0.2, 0) is 16.1 Å². The number of hydrogen-bond acceptors (Lipinski definition) is 2. The third-order valence-corrected chi connectivity index (χ3v) is 2.21. The number of likely N-dealkylation sites (N-methyl/N-ethyl adjacent to an activating group) is 1. The van der Waals surface area contributed by atoms with Crippen LogP contribution < -0.4 is 5.32 Å². The van der Waals surface area contributed by atoms with Crippen molar-refractivity contribution in [1.29, 1.82) is 0 Å². The Bertz CT molecular complexity index is 401. The molecule has 0 unspecified atom stereocenters. The van der Waals surface area contributed by atoms with Crippen molar-refractivity contribution < 1.29 is 9.59 Å². The number of rotatable bonds is 4. The molecule has 4 heteroatoms. The van der Waals surface area contributed by atoms with Crippen LogP contribution in [0.2, 0.25) is 0 Å². The lowest BCUT2D eigenvalue weighted by Crippen LogP contribution is -2.40. The van der Waals surface area contributed by atoms with E-state index < -0.39 is 11.8 Å². The zero-order valence-corrected chi connectivity index (χ0v) is 9.85. The van der Waals surface area contributed by atoms with Gasteiger partial charge in [0.15, 0.2) is 0 Å². The van der Waals surface area contributed by atoms with Gasteiger partial charge in [0, 0.05) is 20.1 Å². The van der Waals surface area contributed by atoms with Gasteiger partial charge in [-0.25, -0.2) is 0 Å². The van der Waals surface area contributed by atoms with Gasteiger partial charge < -0.3 is 10.2 Å². The Labute approximate surface area is 101 Å². The van der Waals surface area contributed by atoms with Crippen LogP contribution in [0.5, 0.6) is 0 Å². The number of nitrogens with zero attached hydrogens (tertiary/aromatic N) is 1. The Kier molecular flexibility index (Phi) is 4.94. The van der Waals surface area contributed by atoms with Crippen molar-refractivity contribution in [3.8, 4) is 0 Å². The maximum absolute atomic E-state index is 11.6. The van der Waals surface area contributed by atoms with Crippen LogP contribution in [0.15, 0.2) is 43.0 Å². The van der Waals surface area contributed by atoms with Crippen LogP contribution in [0.4, 0.5) is 0 Å². The topological polar surface area (TPSA) is 49.4 Å². The van der Waals surface area contributed by atoms with E-state index >= 15 is 0 Å². The molecule has 0 radical (unpaired) electrons. The summed E-state index contributed by atoms with van der Waals surface area (Å²) in [5.74, 6) is -1.15. The first kappa shape index (κ1) is 13.0. The summed E-state index contributed by atoms with van der Waals surface area (Å²) >= 11 is 0. The summed E-state index contributed by atoms with van der Waals surface area (Å²) in [4.78, 5) is 24.4. The third kappa shape index (κ3) is 4.10. The van der Waals surface area contributed by atoms with Gasteiger partial charge >= 0.3 is 11.8 Å². The second kappa shape index (κ2) is 6.48. The molecule has 4 nitrogen and oxygen atoms in total. The normalized spacial score (nSPS) is 9.47. The van der Waals surface area contributed by atoms with Crippen molar-refractivity contribution in [3.63, 3.8) is 0 Å². The minimum Gasteiger partial charge on any atom is -0.344 e. The van der Waals surface area contributed by atoms with Crippen LogP contribution in [0.3, 0.4) is 0 Å². The van der Waals surface area contributed by atoms with Crippen molar-refractivity contribution in [2.75, 3.05) is 13.6 Å². The molecule has 1 aromatic rings. The van der Waals surface area contributed by atoms with E-state index in [9.17, 15) is 9.59 Å². The molecule has 1 rings (SSSR count). The molecule has 0 aliphatic rings. The van der Waals surface area contributed by atoms with Gasteiger partial charge in [0.2, 0.25) is 0 Å². The highest BCUT2D eigenvalue weighted by molar-refractivity contribution is 6.34. The Morgan fingerprint density at radius 2 is 2.00 bits per heavy atom. The molecule has 0 bridgehead atoms. The van der Waals surface area contributed by atoms with Crippen molar-refractivity contribution in [2.45, 2.75) is 6.54 Å². The summed E-state index contributed by atoms with van der Waals surface area (Å²) < 4.78 is 0. The number of benzene rings is 1. The highest BCUT2D eigenvalue weighted by Gasteiger charge is 2.17. The molecule has 1 aromatic carbocycles. The van der Waals surface area contributed by atoms with Gasteiger partial charge in [-0.15, -0.1) is 6.58 Å². The summed E-state index contributed by atoms with van der Waals surface area (Å²) in [6, 6.07) is 9.51. The largest absolute Gasteiger partial charge is 0.344 e. The minimum atomic E-state index is -0.608. The third-order valence-electron chi connectivity index (χ3n) is 2.21. The maximum Gasteiger partial charge on any atom is 0.311 e. The van der Waals surface area contributed by atoms with Crippen molar-refractivity contribution in [3.05, 3.63) is 48.6 Å². The fraction of sp³-hybridized carbons (Fsp3) is 0.231. The smallest absolute Gasteiger partial charge is 0.311 e. The summed E-state index contributed by atoms with van der Waals surface area (Å²) in [7, 11) is 1.60. The molecule has 0 heterocycles. The molecule has 1 N–H and O–H groups in total. The Balaban J connectivity index is 2.52. The van der Waals surface area contributed by atoms with Crippen molar-refractivity contribution in [1.82, 2.24) is 10.2 Å². The van der Waals surface area contributed by atoms with Gasteiger partial charge in [-0.3, -0.25) is 9.59 Å². The second-order valence-electron chi connectivity index (χ2n) is 3.65. The summed E-state index contributed by atoms with van der Waals surface area (Å²) in [6.07, 6.45) is 1.53. The standard InChI is InChI=1S/C13H16N2O2/c1-3-9-14-12(16)13(17)15(2)10-11-7-5-4-6-8-11/h3-8H,1,9-10H2,2H3,(H,14,16). The molecule has 90 valence electrons. The summed E-state index contributed by atoms with van der Waals surface area (Å²) in [5, 5.41) is 2.45. The van der Waals surface area contributed by atoms with Gasteiger partial charge in [0.1, 0.15) is 0 Å². The lowest BCUT2D eigenvalue weighted by Gasteiger charge is -2.16. The maximum atomic E-state index is 11.6. The van der Waals surface area contributed by atoms with Gasteiger partial charge in [-0.05, 0) is 5.56 Å². The first-order chi connectivity index (χ1) is 8.15. The average molecular weight is 232 g/mol. The van der Waals surface area contributed by atoms with E-state index in [1.807, 2.05) is 30.3 Å². The highest BCUT2D eigenvalue weighted by atomic mass is 16.2. The van der Waals surface area contributed by atoms with Crippen molar-refractivity contribution in [2.24, 2.45) is 0 Å². The molecule has 0 fully saturated rings. The summed E-state index contributed by atoms with van der Waals surface area (Å²) in [5.41, 5.74) is 0.986. The molecular formula is C13H16N2O2. The van der Waals surface area contributed by atoms with E-state index in [1.165, 1.54) is 11.0 Å². The SMILES string of the molecule is C=CCNC(=O)C(=O)N(C)Cc1ccccc1. The molecular weight excluding hydrogens is 216 g/mol. The van der Waals surface area contributed by atoms with Crippen molar-refractivity contribution >= 4 is 11.8 Å². The molecule has 0 aliphatic heterocycles. The Morgan fingerprint density at radius 1 is 1.35 bits per heavy atom. The molecule has 0 spiro atoms. The first-order valence-electron chi connectivity index (χ1n) is 5.33. The predicted molar refractivity (Wildman–Crippen MR) is 66.1 cm³/mol. The number of carbonyl (C=O) groups is 2. The average Bonchev–Trinajstić information content (AvgIpc) is 2.36. The van der Waals surface area contributed by atoms with Gasteiger partial charge in [0.05, 0.1) is 0 Å². The number of hydrogen-bond donors (Lipinski definition) is 1. The zero-order chi connectivity index (χ0) is 12.7. The Hall–Kier alpha value is -2.10. The van der Waals surface area contributed by atoms with E-state index in [4.69, 9.17) is 0 Å². The van der Waals surface area contributed by atoms with Crippen LogP contribution in [0.1, 0.15) is 5.56 Å². The minimum absolute atomic E-state index is 0.295. The van der Waals surface area contributed by atoms with Gasteiger partial charge in [-0.2, -0.15) is 0 Å². The molecule has 0 atom stereocenters. The zero-order valence-electron chi connectivity index (χ0n) is 9.85. The molecule has 0 saturated carbocycles. The monoisotopic (exact) mass is 232 g/mol. The lowest BCUT2D eigenvalue weighted by atomic mass is 10.2. The first-order valence-corrected chi connectivity index (χ1v) is 5.33. The molecule has 17 heavy (non-hydrogen) atoms. The van der Waals surface area contributed by atoms with Gasteiger partial charge in [0.25, 0.3) is 0 Å². The fourth-order valence-electron chi connectivity index (χ4n) is 1.34. The lowest BCUT2D eigenvalue weighted by molar-refractivity contribution is -0.145. The van der Waals surface area contributed by atoms with Crippen LogP contribution in [-0.4, -0.2) is 30.3 Å². The van der Waals surface area contributed by atoms with Crippen LogP contribution >= 0.6 is 0 Å². The van der Waals surface area contributed by atoms with Crippen LogP contribution in [0, 0.1) is 0 Å². The fourth-order valence-corrected chi connectivity index (χ4v) is 1.34. The summed E-state index contributed by atoms with van der Waals surface area (Å²) in [6.45, 7) is 4.18. The number of carbonyl (C=O) groups excluding carboxylic acids is 2. The molecule has 0 saturated heterocycles. The van der Waals surface area contributed by atoms with E-state index in [1.54, 1.807) is 7.05 Å². The predicted octanol–water partition coefficient (Wildman–Crippen LogP) is 0.947. The van der Waals surface area contributed by atoms with Crippen LogP contribution in [0.25, 0.3) is 0 Å². The van der Waals surface area contributed by atoms with E-state index in [-0.39, 0.29) is 0 Å². The molecule has 0 aliphatic carbocycles. The number of nitrogens with one attached hydrogen (secondary N) is 1.